The van der Waals surface area contributed by atoms with E-state index < -0.39 is 10.0 Å². The normalized spacial score (nSPS) is 11.6. The lowest BCUT2D eigenvalue weighted by atomic mass is 10.1. The molecule has 0 bridgehead atoms. The van der Waals surface area contributed by atoms with Gasteiger partial charge in [-0.25, -0.2) is 13.6 Å². The van der Waals surface area contributed by atoms with Crippen molar-refractivity contribution in [3.63, 3.8) is 0 Å². The Morgan fingerprint density at radius 3 is 2.15 bits per heavy atom. The maximum atomic E-state index is 11.2. The Morgan fingerprint density at radius 1 is 1.04 bits per heavy atom. The van der Waals surface area contributed by atoms with Crippen LogP contribution in [0.4, 0.5) is 0 Å². The second kappa shape index (κ2) is 10.7. The van der Waals surface area contributed by atoms with E-state index in [1.807, 2.05) is 24.3 Å². The Hall–Kier alpha value is -1.36. The molecule has 0 saturated carbocycles. The van der Waals surface area contributed by atoms with E-state index in [4.69, 9.17) is 16.7 Å². The van der Waals surface area contributed by atoms with Crippen LogP contribution < -0.4 is 15.8 Å². The van der Waals surface area contributed by atoms with Gasteiger partial charge in [0.15, 0.2) is 5.96 Å². The number of halogens is 2. The summed E-state index contributed by atoms with van der Waals surface area (Å²) in [7, 11) is -1.97. The topological polar surface area (TPSA) is 96.6 Å². The van der Waals surface area contributed by atoms with Crippen molar-refractivity contribution in [3.05, 3.63) is 64.7 Å². The second-order valence-electron chi connectivity index (χ2n) is 5.42. The number of guanidine groups is 1. The van der Waals surface area contributed by atoms with Crippen LogP contribution in [0.1, 0.15) is 11.1 Å². The molecule has 2 aromatic rings. The number of nitrogens with two attached hydrogens (primary N) is 1. The van der Waals surface area contributed by atoms with Gasteiger partial charge >= 0.3 is 0 Å². The van der Waals surface area contributed by atoms with Crippen molar-refractivity contribution in [1.29, 1.82) is 0 Å². The van der Waals surface area contributed by atoms with Gasteiger partial charge < -0.3 is 10.6 Å². The van der Waals surface area contributed by atoms with E-state index in [1.54, 1.807) is 19.2 Å². The lowest BCUT2D eigenvalue weighted by Gasteiger charge is -2.12. The summed E-state index contributed by atoms with van der Waals surface area (Å²) >= 11 is 5.87. The minimum Gasteiger partial charge on any atom is -0.356 e. The molecular formula is C17H22ClIN4O2S. The highest BCUT2D eigenvalue weighted by molar-refractivity contribution is 14.0. The second-order valence-corrected chi connectivity index (χ2v) is 7.42. The third-order valence-electron chi connectivity index (χ3n) is 3.55. The Balaban J connectivity index is 0.00000338. The van der Waals surface area contributed by atoms with E-state index in [0.717, 1.165) is 23.6 Å². The molecule has 0 aromatic heterocycles. The first-order valence-corrected chi connectivity index (χ1v) is 9.61. The number of primary sulfonamides is 1. The monoisotopic (exact) mass is 508 g/mol. The van der Waals surface area contributed by atoms with Crippen molar-refractivity contribution in [2.24, 2.45) is 10.1 Å². The average molecular weight is 509 g/mol. The van der Waals surface area contributed by atoms with E-state index in [0.29, 0.717) is 12.5 Å². The van der Waals surface area contributed by atoms with Crippen molar-refractivity contribution in [2.45, 2.75) is 17.9 Å². The molecular weight excluding hydrogens is 487 g/mol. The molecule has 2 aromatic carbocycles. The largest absolute Gasteiger partial charge is 0.356 e. The summed E-state index contributed by atoms with van der Waals surface area (Å²) in [6, 6.07) is 14.1. The highest BCUT2D eigenvalue weighted by Gasteiger charge is 2.06. The Labute approximate surface area is 176 Å². The fourth-order valence-electron chi connectivity index (χ4n) is 2.18. The Morgan fingerprint density at radius 2 is 1.62 bits per heavy atom. The number of aliphatic imine (C=N–C) groups is 1. The summed E-state index contributed by atoms with van der Waals surface area (Å²) < 4.78 is 22.5. The SMILES string of the molecule is CN=C(NCCc1ccc(Cl)cc1)NCc1ccc(S(N)(=O)=O)cc1.I. The molecule has 9 heteroatoms. The maximum absolute atomic E-state index is 11.2. The van der Waals surface area contributed by atoms with Gasteiger partial charge in [-0.3, -0.25) is 4.99 Å². The quantitative estimate of drug-likeness (QED) is 0.317. The zero-order valence-corrected chi connectivity index (χ0v) is 18.2. The molecule has 0 atom stereocenters. The first kappa shape index (κ1) is 22.7. The number of nitrogens with zero attached hydrogens (tertiary/aromatic N) is 1. The van der Waals surface area contributed by atoms with Gasteiger partial charge in [0.1, 0.15) is 0 Å². The summed E-state index contributed by atoms with van der Waals surface area (Å²) in [6.07, 6.45) is 0.848. The van der Waals surface area contributed by atoms with Crippen LogP contribution in [0.15, 0.2) is 58.4 Å². The summed E-state index contributed by atoms with van der Waals surface area (Å²) in [5.41, 5.74) is 2.11. The molecule has 0 aliphatic rings. The minimum atomic E-state index is -3.66. The van der Waals surface area contributed by atoms with Crippen LogP contribution in [0.25, 0.3) is 0 Å². The van der Waals surface area contributed by atoms with Crippen molar-refractivity contribution < 1.29 is 8.42 Å². The van der Waals surface area contributed by atoms with Gasteiger partial charge in [0.2, 0.25) is 10.0 Å². The van der Waals surface area contributed by atoms with E-state index in [9.17, 15) is 8.42 Å². The fourth-order valence-corrected chi connectivity index (χ4v) is 2.82. The molecule has 0 fully saturated rings. The molecule has 0 saturated heterocycles. The highest BCUT2D eigenvalue weighted by Crippen LogP contribution is 2.10. The van der Waals surface area contributed by atoms with Crippen molar-refractivity contribution >= 4 is 51.6 Å². The fraction of sp³-hybridized carbons (Fsp3) is 0.235. The van der Waals surface area contributed by atoms with E-state index in [2.05, 4.69) is 15.6 Å². The van der Waals surface area contributed by atoms with Gasteiger partial charge in [-0.2, -0.15) is 0 Å². The molecule has 0 radical (unpaired) electrons. The molecule has 0 heterocycles. The molecule has 2 rings (SSSR count). The predicted octanol–water partition coefficient (Wildman–Crippen LogP) is 2.51. The zero-order chi connectivity index (χ0) is 18.3. The smallest absolute Gasteiger partial charge is 0.238 e. The van der Waals surface area contributed by atoms with E-state index >= 15 is 0 Å². The molecule has 0 aliphatic heterocycles. The summed E-state index contributed by atoms with van der Waals surface area (Å²) in [5.74, 6) is 0.671. The molecule has 26 heavy (non-hydrogen) atoms. The minimum absolute atomic E-state index is 0. The Kier molecular flexibility index (Phi) is 9.34. The first-order valence-electron chi connectivity index (χ1n) is 7.69. The van der Waals surface area contributed by atoms with Crippen molar-refractivity contribution in [2.75, 3.05) is 13.6 Å². The number of hydrogen-bond acceptors (Lipinski definition) is 3. The predicted molar refractivity (Wildman–Crippen MR) is 117 cm³/mol. The van der Waals surface area contributed by atoms with E-state index in [-0.39, 0.29) is 28.9 Å². The number of nitrogens with one attached hydrogen (secondary N) is 2. The molecule has 6 nitrogen and oxygen atoms in total. The molecule has 0 unspecified atom stereocenters. The van der Waals surface area contributed by atoms with Crippen LogP contribution in [0.5, 0.6) is 0 Å². The molecule has 0 spiro atoms. The van der Waals surface area contributed by atoms with Crippen LogP contribution in [0, 0.1) is 0 Å². The molecule has 0 aliphatic carbocycles. The Bertz CT molecular complexity index is 825. The van der Waals surface area contributed by atoms with Gasteiger partial charge in [-0.1, -0.05) is 35.9 Å². The van der Waals surface area contributed by atoms with Crippen LogP contribution >= 0.6 is 35.6 Å². The van der Waals surface area contributed by atoms with Crippen molar-refractivity contribution in [3.8, 4) is 0 Å². The van der Waals surface area contributed by atoms with Gasteiger partial charge in [0.25, 0.3) is 0 Å². The summed E-state index contributed by atoms with van der Waals surface area (Å²) in [6.45, 7) is 1.25. The average Bonchev–Trinajstić information content (AvgIpc) is 2.59. The number of benzene rings is 2. The third kappa shape index (κ3) is 7.48. The zero-order valence-electron chi connectivity index (χ0n) is 14.3. The summed E-state index contributed by atoms with van der Waals surface area (Å²) in [5, 5.41) is 12.2. The van der Waals surface area contributed by atoms with Gasteiger partial charge in [0, 0.05) is 25.2 Å². The van der Waals surface area contributed by atoms with Crippen LogP contribution in [-0.4, -0.2) is 28.0 Å². The van der Waals surface area contributed by atoms with Gasteiger partial charge in [-0.05, 0) is 41.8 Å². The van der Waals surface area contributed by atoms with E-state index in [1.165, 1.54) is 17.7 Å². The third-order valence-corrected chi connectivity index (χ3v) is 4.74. The molecule has 0 amide bonds. The summed E-state index contributed by atoms with van der Waals surface area (Å²) in [4.78, 5) is 4.26. The lowest BCUT2D eigenvalue weighted by molar-refractivity contribution is 0.597. The lowest BCUT2D eigenvalue weighted by Crippen LogP contribution is -2.37. The van der Waals surface area contributed by atoms with Crippen molar-refractivity contribution in [1.82, 2.24) is 10.6 Å². The van der Waals surface area contributed by atoms with Gasteiger partial charge in [-0.15, -0.1) is 24.0 Å². The first-order chi connectivity index (χ1) is 11.9. The van der Waals surface area contributed by atoms with Crippen LogP contribution in [0.2, 0.25) is 5.02 Å². The standard InChI is InChI=1S/C17H21ClN4O2S.HI/c1-20-17(21-11-10-13-2-6-15(18)7-3-13)22-12-14-4-8-16(9-5-14)25(19,23)24;/h2-9H,10-12H2,1H3,(H2,19,23,24)(H2,20,21,22);1H. The van der Waals surface area contributed by atoms with Crippen LogP contribution in [-0.2, 0) is 23.0 Å². The highest BCUT2D eigenvalue weighted by atomic mass is 127. The maximum Gasteiger partial charge on any atom is 0.238 e. The molecule has 142 valence electrons. The number of sulfonamides is 1. The number of rotatable bonds is 6. The molecule has 4 N–H and O–H groups in total. The van der Waals surface area contributed by atoms with Gasteiger partial charge in [0.05, 0.1) is 4.90 Å². The van der Waals surface area contributed by atoms with Crippen LogP contribution in [0.3, 0.4) is 0 Å². The number of hydrogen-bond donors (Lipinski definition) is 3.